The summed E-state index contributed by atoms with van der Waals surface area (Å²) in [5, 5.41) is 0. The van der Waals surface area contributed by atoms with Gasteiger partial charge in [-0.25, -0.2) is 0 Å². The van der Waals surface area contributed by atoms with Gasteiger partial charge in [0, 0.05) is 6.04 Å². The molecule has 0 saturated carbocycles. The lowest BCUT2D eigenvalue weighted by molar-refractivity contribution is 0.309. The first-order chi connectivity index (χ1) is 9.79. The molecule has 2 nitrogen and oxygen atoms in total. The van der Waals surface area contributed by atoms with Crippen LogP contribution in [0, 0.1) is 0 Å². The van der Waals surface area contributed by atoms with Crippen molar-refractivity contribution in [3.63, 3.8) is 0 Å². The van der Waals surface area contributed by atoms with Crippen LogP contribution in [0.25, 0.3) is 0 Å². The Morgan fingerprint density at radius 3 is 2.60 bits per heavy atom. The van der Waals surface area contributed by atoms with E-state index in [1.807, 2.05) is 30.3 Å². The summed E-state index contributed by atoms with van der Waals surface area (Å²) in [5.74, 6) is 0.941. The lowest BCUT2D eigenvalue weighted by Crippen LogP contribution is -2.13. The predicted molar refractivity (Wildman–Crippen MR) is 83.9 cm³/mol. The highest BCUT2D eigenvalue weighted by molar-refractivity contribution is 5.30. The molecular weight excluding hydrogens is 246 g/mol. The third-order valence-electron chi connectivity index (χ3n) is 3.35. The van der Waals surface area contributed by atoms with Crippen LogP contribution in [0.5, 0.6) is 5.75 Å². The SMILES string of the molecule is CCCCOc1cccc(CC(N)c2ccccc2)c1. The van der Waals surface area contributed by atoms with E-state index in [1.54, 1.807) is 0 Å². The fourth-order valence-corrected chi connectivity index (χ4v) is 2.17. The standard InChI is InChI=1S/C18H23NO/c1-2-3-12-20-17-11-7-8-15(13-17)14-18(19)16-9-5-4-6-10-16/h4-11,13,18H,2-3,12,14,19H2,1H3. The van der Waals surface area contributed by atoms with Crippen LogP contribution in [0.4, 0.5) is 0 Å². The summed E-state index contributed by atoms with van der Waals surface area (Å²) < 4.78 is 5.73. The van der Waals surface area contributed by atoms with Gasteiger partial charge in [-0.15, -0.1) is 0 Å². The molecule has 0 aliphatic heterocycles. The first-order valence-corrected chi connectivity index (χ1v) is 7.32. The summed E-state index contributed by atoms with van der Waals surface area (Å²) >= 11 is 0. The van der Waals surface area contributed by atoms with Crippen molar-refractivity contribution in [1.29, 1.82) is 0 Å². The number of ether oxygens (including phenoxy) is 1. The fourth-order valence-electron chi connectivity index (χ4n) is 2.17. The summed E-state index contributed by atoms with van der Waals surface area (Å²) in [5.41, 5.74) is 8.65. The molecule has 0 radical (unpaired) electrons. The third-order valence-corrected chi connectivity index (χ3v) is 3.35. The van der Waals surface area contributed by atoms with Crippen molar-refractivity contribution in [2.75, 3.05) is 6.61 Å². The lowest BCUT2D eigenvalue weighted by Gasteiger charge is -2.13. The largest absolute Gasteiger partial charge is 0.494 e. The van der Waals surface area contributed by atoms with Crippen LogP contribution in [0.1, 0.15) is 36.9 Å². The van der Waals surface area contributed by atoms with Crippen molar-refractivity contribution >= 4 is 0 Å². The van der Waals surface area contributed by atoms with E-state index in [0.29, 0.717) is 0 Å². The van der Waals surface area contributed by atoms with Crippen LogP contribution < -0.4 is 10.5 Å². The minimum Gasteiger partial charge on any atom is -0.494 e. The van der Waals surface area contributed by atoms with E-state index in [9.17, 15) is 0 Å². The first kappa shape index (κ1) is 14.6. The van der Waals surface area contributed by atoms with Gasteiger partial charge in [0.25, 0.3) is 0 Å². The Bertz CT molecular complexity index is 510. The predicted octanol–water partition coefficient (Wildman–Crippen LogP) is 4.11. The molecule has 0 aliphatic carbocycles. The molecule has 0 amide bonds. The van der Waals surface area contributed by atoms with Gasteiger partial charge in [-0.1, -0.05) is 55.8 Å². The molecule has 2 aromatic rings. The van der Waals surface area contributed by atoms with E-state index in [4.69, 9.17) is 10.5 Å². The summed E-state index contributed by atoms with van der Waals surface area (Å²) in [4.78, 5) is 0. The highest BCUT2D eigenvalue weighted by Gasteiger charge is 2.07. The Labute approximate surface area is 121 Å². The molecule has 1 unspecified atom stereocenters. The van der Waals surface area contributed by atoms with Gasteiger partial charge in [-0.05, 0) is 36.1 Å². The minimum absolute atomic E-state index is 0.0297. The lowest BCUT2D eigenvalue weighted by atomic mass is 10.00. The van der Waals surface area contributed by atoms with Gasteiger partial charge in [0.05, 0.1) is 6.61 Å². The van der Waals surface area contributed by atoms with Crippen LogP contribution in [-0.2, 0) is 6.42 Å². The third kappa shape index (κ3) is 4.39. The maximum atomic E-state index is 6.26. The molecule has 2 heteroatoms. The Morgan fingerprint density at radius 1 is 1.05 bits per heavy atom. The molecule has 106 valence electrons. The summed E-state index contributed by atoms with van der Waals surface area (Å²) in [6, 6.07) is 18.5. The monoisotopic (exact) mass is 269 g/mol. The van der Waals surface area contributed by atoms with Crippen molar-refractivity contribution in [3.8, 4) is 5.75 Å². The molecule has 2 aromatic carbocycles. The van der Waals surface area contributed by atoms with E-state index in [-0.39, 0.29) is 6.04 Å². The van der Waals surface area contributed by atoms with E-state index in [1.165, 1.54) is 11.1 Å². The number of rotatable bonds is 7. The van der Waals surface area contributed by atoms with Gasteiger partial charge >= 0.3 is 0 Å². The van der Waals surface area contributed by atoms with Crippen LogP contribution in [-0.4, -0.2) is 6.61 Å². The van der Waals surface area contributed by atoms with Gasteiger partial charge in [-0.3, -0.25) is 0 Å². The highest BCUT2D eigenvalue weighted by Crippen LogP contribution is 2.19. The molecule has 0 fully saturated rings. The Hall–Kier alpha value is -1.80. The van der Waals surface area contributed by atoms with Crippen molar-refractivity contribution in [2.24, 2.45) is 5.73 Å². The average Bonchev–Trinajstić information content (AvgIpc) is 2.49. The van der Waals surface area contributed by atoms with Crippen LogP contribution in [0.3, 0.4) is 0 Å². The Balaban J connectivity index is 1.97. The molecule has 0 aromatic heterocycles. The van der Waals surface area contributed by atoms with Crippen LogP contribution in [0.2, 0.25) is 0 Å². The zero-order valence-electron chi connectivity index (χ0n) is 12.1. The fraction of sp³-hybridized carbons (Fsp3) is 0.333. The second-order valence-electron chi connectivity index (χ2n) is 5.07. The van der Waals surface area contributed by atoms with Crippen molar-refractivity contribution in [3.05, 3.63) is 65.7 Å². The minimum atomic E-state index is 0.0297. The quantitative estimate of drug-likeness (QED) is 0.768. The summed E-state index contributed by atoms with van der Waals surface area (Å²) in [7, 11) is 0. The zero-order chi connectivity index (χ0) is 14.2. The second-order valence-corrected chi connectivity index (χ2v) is 5.07. The van der Waals surface area contributed by atoms with Gasteiger partial charge in [-0.2, -0.15) is 0 Å². The number of hydrogen-bond donors (Lipinski definition) is 1. The van der Waals surface area contributed by atoms with E-state index >= 15 is 0 Å². The molecule has 2 N–H and O–H groups in total. The molecular formula is C18H23NO. The number of unbranched alkanes of at least 4 members (excludes halogenated alkanes) is 1. The van der Waals surface area contributed by atoms with Gasteiger partial charge in [0.15, 0.2) is 0 Å². The van der Waals surface area contributed by atoms with Gasteiger partial charge in [0.1, 0.15) is 5.75 Å². The van der Waals surface area contributed by atoms with Gasteiger partial charge in [0.2, 0.25) is 0 Å². The van der Waals surface area contributed by atoms with E-state index in [2.05, 4.69) is 31.2 Å². The number of nitrogens with two attached hydrogens (primary N) is 1. The average molecular weight is 269 g/mol. The Morgan fingerprint density at radius 2 is 1.85 bits per heavy atom. The molecule has 2 rings (SSSR count). The molecule has 0 heterocycles. The Kier molecular flexibility index (Phi) is 5.63. The normalized spacial score (nSPS) is 12.1. The highest BCUT2D eigenvalue weighted by atomic mass is 16.5. The molecule has 0 bridgehead atoms. The summed E-state index contributed by atoms with van der Waals surface area (Å²) in [6.07, 6.45) is 3.07. The zero-order valence-corrected chi connectivity index (χ0v) is 12.1. The first-order valence-electron chi connectivity index (χ1n) is 7.32. The van der Waals surface area contributed by atoms with Crippen LogP contribution in [0.15, 0.2) is 54.6 Å². The van der Waals surface area contributed by atoms with Crippen molar-refractivity contribution in [1.82, 2.24) is 0 Å². The maximum absolute atomic E-state index is 6.26. The molecule has 1 atom stereocenters. The topological polar surface area (TPSA) is 35.2 Å². The molecule has 0 spiro atoms. The maximum Gasteiger partial charge on any atom is 0.119 e. The van der Waals surface area contributed by atoms with Crippen molar-refractivity contribution < 1.29 is 4.74 Å². The van der Waals surface area contributed by atoms with Gasteiger partial charge < -0.3 is 10.5 Å². The van der Waals surface area contributed by atoms with Crippen molar-refractivity contribution in [2.45, 2.75) is 32.2 Å². The summed E-state index contributed by atoms with van der Waals surface area (Å²) in [6.45, 7) is 2.95. The van der Waals surface area contributed by atoms with Crippen LogP contribution >= 0.6 is 0 Å². The molecule has 0 aliphatic rings. The number of benzene rings is 2. The smallest absolute Gasteiger partial charge is 0.119 e. The van der Waals surface area contributed by atoms with E-state index in [0.717, 1.165) is 31.6 Å². The second kappa shape index (κ2) is 7.71. The molecule has 20 heavy (non-hydrogen) atoms. The number of hydrogen-bond acceptors (Lipinski definition) is 2. The van der Waals surface area contributed by atoms with E-state index < -0.39 is 0 Å². The molecule has 0 saturated heterocycles.